The number of aryl methyl sites for hydroxylation is 1. The fourth-order valence-electron chi connectivity index (χ4n) is 5.16. The Morgan fingerprint density at radius 3 is 2.58 bits per heavy atom. The average Bonchev–Trinajstić information content (AvgIpc) is 3.29. The zero-order valence-corrected chi connectivity index (χ0v) is 21.0. The lowest BCUT2D eigenvalue weighted by Gasteiger charge is -2.52. The molecule has 0 unspecified atom stereocenters. The molecule has 3 fully saturated rings. The number of halogens is 1. The van der Waals surface area contributed by atoms with Crippen LogP contribution in [0, 0.1) is 5.92 Å². The number of para-hydroxylation sites is 1. The molecule has 3 saturated heterocycles. The van der Waals surface area contributed by atoms with Crippen LogP contribution in [0.15, 0.2) is 47.8 Å². The van der Waals surface area contributed by atoms with Gasteiger partial charge in [0.1, 0.15) is 6.54 Å². The van der Waals surface area contributed by atoms with Gasteiger partial charge in [0.2, 0.25) is 0 Å². The summed E-state index contributed by atoms with van der Waals surface area (Å²) < 4.78 is 7.33. The molecule has 4 nitrogen and oxygen atoms in total. The fraction of sp³-hybridized carbons (Fsp3) is 0.560. The van der Waals surface area contributed by atoms with Crippen molar-refractivity contribution in [2.45, 2.75) is 51.6 Å². The Morgan fingerprint density at radius 1 is 1.13 bits per heavy atom. The number of rotatable bonds is 9. The highest BCUT2D eigenvalue weighted by Crippen LogP contribution is 2.36. The van der Waals surface area contributed by atoms with E-state index in [-0.39, 0.29) is 29.2 Å². The van der Waals surface area contributed by atoms with Crippen molar-refractivity contribution in [2.24, 2.45) is 5.92 Å². The maximum absolute atomic E-state index is 13.2. The molecular formula is C25H35BrN2O2S. The first-order chi connectivity index (χ1) is 14.7. The van der Waals surface area contributed by atoms with Crippen LogP contribution < -0.4 is 21.9 Å². The van der Waals surface area contributed by atoms with E-state index in [1.54, 1.807) is 0 Å². The van der Waals surface area contributed by atoms with E-state index in [0.29, 0.717) is 5.92 Å². The first-order valence-electron chi connectivity index (χ1n) is 11.6. The van der Waals surface area contributed by atoms with Crippen LogP contribution in [0.3, 0.4) is 0 Å². The van der Waals surface area contributed by atoms with Crippen molar-refractivity contribution in [2.75, 3.05) is 37.6 Å². The van der Waals surface area contributed by atoms with E-state index in [1.165, 1.54) is 50.2 Å². The number of hydrogen-bond acceptors (Lipinski definition) is 3. The molecule has 3 aliphatic heterocycles. The predicted molar refractivity (Wildman–Crippen MR) is 124 cm³/mol. The van der Waals surface area contributed by atoms with Crippen molar-refractivity contribution >= 4 is 23.1 Å². The number of carbonyl (C=O) groups is 1. The minimum Gasteiger partial charge on any atom is -1.00 e. The number of nitrogens with zero attached hydrogens (tertiary/aromatic N) is 2. The summed E-state index contributed by atoms with van der Waals surface area (Å²) in [5, 5.41) is 2.17. The Balaban J connectivity index is 0.00000272. The Labute approximate surface area is 201 Å². The molecule has 4 heterocycles. The van der Waals surface area contributed by atoms with Gasteiger partial charge in [-0.05, 0) is 36.4 Å². The van der Waals surface area contributed by atoms with Crippen LogP contribution in [0.25, 0.3) is 0 Å². The second-order valence-electron chi connectivity index (χ2n) is 8.98. The normalized spacial score (nSPS) is 24.4. The van der Waals surface area contributed by atoms with Gasteiger partial charge in [-0.2, -0.15) is 0 Å². The first-order valence-corrected chi connectivity index (χ1v) is 12.5. The lowest BCUT2D eigenvalue weighted by atomic mass is 9.83. The summed E-state index contributed by atoms with van der Waals surface area (Å²) in [7, 11) is 0. The second-order valence-corrected chi connectivity index (χ2v) is 10.0. The van der Waals surface area contributed by atoms with E-state index in [4.69, 9.17) is 4.74 Å². The summed E-state index contributed by atoms with van der Waals surface area (Å²) in [5.74, 6) is 0.537. The Morgan fingerprint density at radius 2 is 1.90 bits per heavy atom. The van der Waals surface area contributed by atoms with Crippen LogP contribution in [-0.4, -0.2) is 49.4 Å². The maximum atomic E-state index is 13.2. The maximum Gasteiger partial charge on any atom is 0.414 e. The molecule has 6 heteroatoms. The average molecular weight is 508 g/mol. The van der Waals surface area contributed by atoms with Gasteiger partial charge in [-0.15, -0.1) is 11.3 Å². The molecular weight excluding hydrogens is 472 g/mol. The molecule has 170 valence electrons. The van der Waals surface area contributed by atoms with Gasteiger partial charge in [0, 0.05) is 42.3 Å². The highest BCUT2D eigenvalue weighted by Gasteiger charge is 2.47. The van der Waals surface area contributed by atoms with Crippen LogP contribution in [0.5, 0.6) is 0 Å². The Hall–Kier alpha value is -1.37. The summed E-state index contributed by atoms with van der Waals surface area (Å²) in [6.07, 6.45) is 6.73. The van der Waals surface area contributed by atoms with Gasteiger partial charge in [0.25, 0.3) is 0 Å². The molecule has 1 aromatic heterocycles. The largest absolute Gasteiger partial charge is 1.00 e. The summed E-state index contributed by atoms with van der Waals surface area (Å²) >= 11 is 1.86. The van der Waals surface area contributed by atoms with Gasteiger partial charge in [-0.25, -0.2) is 4.79 Å². The minimum absolute atomic E-state index is 0. The summed E-state index contributed by atoms with van der Waals surface area (Å²) in [5.41, 5.74) is 0.942. The monoisotopic (exact) mass is 506 g/mol. The number of carbonyl (C=O) groups excluding carboxylic acids is 1. The number of thiophene rings is 1. The molecule has 1 atom stereocenters. The van der Waals surface area contributed by atoms with Crippen molar-refractivity contribution in [1.82, 2.24) is 0 Å². The lowest BCUT2D eigenvalue weighted by Crippen LogP contribution is -3.00. The molecule has 0 radical (unpaired) electrons. The summed E-state index contributed by atoms with van der Waals surface area (Å²) in [6.45, 7) is 7.58. The second kappa shape index (κ2) is 11.5. The molecule has 3 aliphatic rings. The fourth-order valence-corrected chi connectivity index (χ4v) is 5.91. The Bertz CT molecular complexity index is 791. The van der Waals surface area contributed by atoms with Gasteiger partial charge in [-0.1, -0.05) is 37.6 Å². The van der Waals surface area contributed by atoms with Crippen LogP contribution in [0.2, 0.25) is 0 Å². The highest BCUT2D eigenvalue weighted by molar-refractivity contribution is 7.09. The number of amides is 1. The number of piperidine rings is 3. The van der Waals surface area contributed by atoms with E-state index in [1.807, 2.05) is 46.6 Å². The van der Waals surface area contributed by atoms with E-state index in [9.17, 15) is 4.79 Å². The molecule has 2 bridgehead atoms. The quantitative estimate of drug-likeness (QED) is 0.489. The first kappa shape index (κ1) is 24.3. The number of hydrogen-bond donors (Lipinski definition) is 0. The topological polar surface area (TPSA) is 29.5 Å². The molecule has 0 aliphatic carbocycles. The number of quaternary nitrogens is 1. The molecule has 1 amide bonds. The van der Waals surface area contributed by atoms with Gasteiger partial charge in [-0.3, -0.25) is 4.90 Å². The van der Waals surface area contributed by atoms with Crippen LogP contribution >= 0.6 is 11.3 Å². The van der Waals surface area contributed by atoms with E-state index in [2.05, 4.69) is 24.4 Å². The van der Waals surface area contributed by atoms with Gasteiger partial charge in [0.15, 0.2) is 6.10 Å². The van der Waals surface area contributed by atoms with Crippen LogP contribution in [0.4, 0.5) is 10.5 Å². The number of anilines is 1. The smallest absolute Gasteiger partial charge is 0.414 e. The third-order valence-corrected chi connectivity index (χ3v) is 7.89. The SMILES string of the molecule is CCCCN(C(=O)O[C@H]1C[N+]2(CCCc3cccs3)CCC1CC2)c1ccccc1.[Br-]. The molecule has 1 aromatic carbocycles. The van der Waals surface area contributed by atoms with Crippen molar-refractivity contribution in [3.63, 3.8) is 0 Å². The van der Waals surface area contributed by atoms with Crippen LogP contribution in [0.1, 0.15) is 43.9 Å². The lowest BCUT2D eigenvalue weighted by molar-refractivity contribution is -0.946. The Kier molecular flexibility index (Phi) is 8.99. The highest BCUT2D eigenvalue weighted by atomic mass is 79.9. The molecule has 0 N–H and O–H groups in total. The molecule has 5 rings (SSSR count). The number of benzene rings is 1. The minimum atomic E-state index is -0.162. The number of fused-ring (bicyclic) bond motifs is 3. The van der Waals surface area contributed by atoms with Crippen molar-refractivity contribution in [3.05, 3.63) is 52.7 Å². The van der Waals surface area contributed by atoms with Crippen molar-refractivity contribution in [3.8, 4) is 0 Å². The van der Waals surface area contributed by atoms with E-state index >= 15 is 0 Å². The van der Waals surface area contributed by atoms with E-state index in [0.717, 1.165) is 36.1 Å². The van der Waals surface area contributed by atoms with Gasteiger partial charge >= 0.3 is 6.09 Å². The zero-order chi connectivity index (χ0) is 20.8. The summed E-state index contributed by atoms with van der Waals surface area (Å²) in [6, 6.07) is 14.4. The molecule has 2 aromatic rings. The van der Waals surface area contributed by atoms with Gasteiger partial charge in [0.05, 0.1) is 19.6 Å². The summed E-state index contributed by atoms with van der Waals surface area (Å²) in [4.78, 5) is 16.5. The zero-order valence-electron chi connectivity index (χ0n) is 18.5. The van der Waals surface area contributed by atoms with Crippen LogP contribution in [-0.2, 0) is 11.2 Å². The van der Waals surface area contributed by atoms with Crippen molar-refractivity contribution < 1.29 is 31.0 Å². The third kappa shape index (κ3) is 6.11. The molecule has 0 saturated carbocycles. The van der Waals surface area contributed by atoms with Gasteiger partial charge < -0.3 is 26.2 Å². The third-order valence-electron chi connectivity index (χ3n) is 6.95. The number of unbranched alkanes of at least 4 members (excludes halogenated alkanes) is 1. The number of ether oxygens (including phenoxy) is 1. The van der Waals surface area contributed by atoms with Crippen molar-refractivity contribution in [1.29, 1.82) is 0 Å². The molecule has 0 spiro atoms. The standard InChI is InChI=1S/C25H35N2O2S.BrH/c1-2-3-15-26(22-9-5-4-6-10-22)25(28)29-24-20-27(17-13-21(24)14-18-27)16-7-11-23-12-8-19-30-23;/h4-6,8-10,12,19,21,24H,2-3,7,11,13-18,20H2,1H3;1H/q+1;/p-1/t21?,24-,27?;/m0./s1. The van der Waals surface area contributed by atoms with E-state index < -0.39 is 0 Å². The predicted octanol–water partition coefficient (Wildman–Crippen LogP) is 2.74. The molecule has 31 heavy (non-hydrogen) atoms.